The average Bonchev–Trinajstić information content (AvgIpc) is 2.79. The molecular weight excluding hydrogens is 254 g/mol. The molecule has 0 aromatic heterocycles. The third-order valence-electron chi connectivity index (χ3n) is 4.28. The maximum absolute atomic E-state index is 11.8. The molecule has 1 aromatic rings. The lowest BCUT2D eigenvalue weighted by Crippen LogP contribution is -2.50. The number of phenolic OH excluding ortho intramolecular Hbond substituents is 1. The first-order valence-electron chi connectivity index (χ1n) is 7.26. The first kappa shape index (κ1) is 14.9. The van der Waals surface area contributed by atoms with Crippen LogP contribution in [0.5, 0.6) is 5.75 Å². The van der Waals surface area contributed by atoms with Gasteiger partial charge in [-0.1, -0.05) is 31.0 Å². The molecule has 1 aliphatic heterocycles. The van der Waals surface area contributed by atoms with Crippen LogP contribution in [0, 0.1) is 6.92 Å². The summed E-state index contributed by atoms with van der Waals surface area (Å²) in [6.45, 7) is 5.27. The highest BCUT2D eigenvalue weighted by Gasteiger charge is 2.46. The summed E-state index contributed by atoms with van der Waals surface area (Å²) in [4.78, 5) is 13.8. The molecule has 1 fully saturated rings. The summed E-state index contributed by atoms with van der Waals surface area (Å²) in [5.74, 6) is -0.484. The highest BCUT2D eigenvalue weighted by atomic mass is 16.4. The molecule has 4 heteroatoms. The van der Waals surface area contributed by atoms with Crippen molar-refractivity contribution in [3.8, 4) is 5.75 Å². The van der Waals surface area contributed by atoms with Crippen molar-refractivity contribution >= 4 is 5.97 Å². The predicted octanol–water partition coefficient (Wildman–Crippen LogP) is 2.92. The molecule has 0 saturated carbocycles. The van der Waals surface area contributed by atoms with E-state index in [0.717, 1.165) is 30.5 Å². The Labute approximate surface area is 120 Å². The van der Waals surface area contributed by atoms with Gasteiger partial charge in [0.05, 0.1) is 0 Å². The third kappa shape index (κ3) is 2.66. The highest BCUT2D eigenvalue weighted by molar-refractivity contribution is 5.79. The van der Waals surface area contributed by atoms with Crippen molar-refractivity contribution in [2.24, 2.45) is 0 Å². The average molecular weight is 277 g/mol. The van der Waals surface area contributed by atoms with E-state index in [4.69, 9.17) is 0 Å². The quantitative estimate of drug-likeness (QED) is 0.868. The summed E-state index contributed by atoms with van der Waals surface area (Å²) in [7, 11) is 0. The zero-order chi connectivity index (χ0) is 14.8. The molecule has 110 valence electrons. The molecule has 0 radical (unpaired) electrons. The minimum atomic E-state index is -0.759. The van der Waals surface area contributed by atoms with Crippen LogP contribution < -0.4 is 0 Å². The van der Waals surface area contributed by atoms with Crippen LogP contribution in [-0.4, -0.2) is 33.2 Å². The topological polar surface area (TPSA) is 60.8 Å². The molecule has 1 heterocycles. The number of carboxylic acid groups (broad SMARTS) is 1. The van der Waals surface area contributed by atoms with Gasteiger partial charge in [-0.25, -0.2) is 0 Å². The van der Waals surface area contributed by atoms with Crippen molar-refractivity contribution in [3.63, 3.8) is 0 Å². The third-order valence-corrected chi connectivity index (χ3v) is 4.28. The number of nitrogens with zero attached hydrogens (tertiary/aromatic N) is 1. The maximum Gasteiger partial charge on any atom is 0.324 e. The summed E-state index contributed by atoms with van der Waals surface area (Å²) in [5, 5.41) is 19.6. The first-order chi connectivity index (χ1) is 9.49. The van der Waals surface area contributed by atoms with Crippen molar-refractivity contribution in [1.29, 1.82) is 0 Å². The van der Waals surface area contributed by atoms with E-state index in [2.05, 4.69) is 0 Å². The zero-order valence-corrected chi connectivity index (χ0v) is 12.2. The molecule has 1 saturated heterocycles. The Hall–Kier alpha value is -1.55. The lowest BCUT2D eigenvalue weighted by molar-refractivity contribution is -0.150. The summed E-state index contributed by atoms with van der Waals surface area (Å²) < 4.78 is 0. The van der Waals surface area contributed by atoms with Gasteiger partial charge in [0.2, 0.25) is 0 Å². The minimum absolute atomic E-state index is 0.248. The number of phenols is 1. The Kier molecular flexibility index (Phi) is 4.33. The fraction of sp³-hybridized carbons (Fsp3) is 0.562. The number of carboxylic acids is 1. The second kappa shape index (κ2) is 5.83. The van der Waals surface area contributed by atoms with Gasteiger partial charge in [-0.05, 0) is 38.8 Å². The van der Waals surface area contributed by atoms with E-state index in [1.807, 2.05) is 30.9 Å². The smallest absolute Gasteiger partial charge is 0.324 e. The monoisotopic (exact) mass is 277 g/mol. The zero-order valence-electron chi connectivity index (χ0n) is 12.2. The lowest BCUT2D eigenvalue weighted by Gasteiger charge is -2.34. The summed E-state index contributed by atoms with van der Waals surface area (Å²) in [6.07, 6.45) is 3.11. The Morgan fingerprint density at radius 2 is 2.20 bits per heavy atom. The number of aryl methyl sites for hydroxylation is 1. The van der Waals surface area contributed by atoms with Crippen LogP contribution in [0.3, 0.4) is 0 Å². The summed E-state index contributed by atoms with van der Waals surface area (Å²) in [5.41, 5.74) is 1.13. The van der Waals surface area contributed by atoms with E-state index >= 15 is 0 Å². The molecule has 1 unspecified atom stereocenters. The van der Waals surface area contributed by atoms with Crippen LogP contribution in [0.15, 0.2) is 18.2 Å². The first-order valence-corrected chi connectivity index (χ1v) is 7.26. The second-order valence-electron chi connectivity index (χ2n) is 5.74. The number of carbonyl (C=O) groups is 1. The van der Waals surface area contributed by atoms with E-state index in [9.17, 15) is 15.0 Å². The lowest BCUT2D eigenvalue weighted by atomic mass is 9.90. The van der Waals surface area contributed by atoms with Crippen LogP contribution >= 0.6 is 0 Å². The minimum Gasteiger partial charge on any atom is -0.508 e. The number of rotatable bonds is 5. The fourth-order valence-corrected chi connectivity index (χ4v) is 3.26. The van der Waals surface area contributed by atoms with Crippen LogP contribution in [0.1, 0.15) is 43.7 Å². The van der Waals surface area contributed by atoms with E-state index in [0.29, 0.717) is 19.4 Å². The van der Waals surface area contributed by atoms with E-state index in [-0.39, 0.29) is 5.75 Å². The van der Waals surface area contributed by atoms with Gasteiger partial charge in [0, 0.05) is 12.1 Å². The van der Waals surface area contributed by atoms with E-state index in [1.54, 1.807) is 6.07 Å². The number of hydrogen-bond acceptors (Lipinski definition) is 3. The fourth-order valence-electron chi connectivity index (χ4n) is 3.26. The van der Waals surface area contributed by atoms with Gasteiger partial charge in [-0.3, -0.25) is 9.69 Å². The molecule has 0 bridgehead atoms. The van der Waals surface area contributed by atoms with Gasteiger partial charge in [0.25, 0.3) is 0 Å². The number of aromatic hydroxyl groups is 1. The number of hydrogen-bond donors (Lipinski definition) is 2. The van der Waals surface area contributed by atoms with Crippen LogP contribution in [0.25, 0.3) is 0 Å². The van der Waals surface area contributed by atoms with Crippen molar-refractivity contribution in [3.05, 3.63) is 29.3 Å². The van der Waals surface area contributed by atoms with Crippen molar-refractivity contribution in [2.45, 2.75) is 51.6 Å². The molecule has 2 rings (SSSR count). The second-order valence-corrected chi connectivity index (χ2v) is 5.74. The van der Waals surface area contributed by atoms with E-state index in [1.165, 1.54) is 0 Å². The molecule has 1 aromatic carbocycles. The largest absolute Gasteiger partial charge is 0.508 e. The molecule has 1 atom stereocenters. The molecule has 0 spiro atoms. The van der Waals surface area contributed by atoms with Crippen molar-refractivity contribution in [2.75, 3.05) is 6.54 Å². The normalized spacial score (nSPS) is 23.1. The Morgan fingerprint density at radius 3 is 2.85 bits per heavy atom. The van der Waals surface area contributed by atoms with Crippen molar-refractivity contribution in [1.82, 2.24) is 4.90 Å². The van der Waals surface area contributed by atoms with Crippen LogP contribution in [0.4, 0.5) is 0 Å². The predicted molar refractivity (Wildman–Crippen MR) is 77.8 cm³/mol. The molecule has 1 aliphatic rings. The standard InChI is InChI=1S/C16H23NO3/c1-3-7-16(15(19)20)8-4-9-17(16)11-13-10-12(2)5-6-14(13)18/h5-6,10,18H,3-4,7-9,11H2,1-2H3,(H,19,20). The number of aliphatic carboxylic acids is 1. The van der Waals surface area contributed by atoms with Gasteiger partial charge in [-0.15, -0.1) is 0 Å². The molecule has 0 aliphatic carbocycles. The van der Waals surface area contributed by atoms with E-state index < -0.39 is 11.5 Å². The van der Waals surface area contributed by atoms with Crippen LogP contribution in [0.2, 0.25) is 0 Å². The molecule has 20 heavy (non-hydrogen) atoms. The van der Waals surface area contributed by atoms with Gasteiger partial charge >= 0.3 is 5.97 Å². The molecule has 2 N–H and O–H groups in total. The number of benzene rings is 1. The Balaban J connectivity index is 2.26. The van der Waals surface area contributed by atoms with Crippen LogP contribution in [-0.2, 0) is 11.3 Å². The number of likely N-dealkylation sites (tertiary alicyclic amines) is 1. The molecule has 4 nitrogen and oxygen atoms in total. The van der Waals surface area contributed by atoms with Gasteiger partial charge in [0.1, 0.15) is 11.3 Å². The molecular formula is C16H23NO3. The van der Waals surface area contributed by atoms with Gasteiger partial charge in [-0.2, -0.15) is 0 Å². The highest BCUT2D eigenvalue weighted by Crippen LogP contribution is 2.36. The Morgan fingerprint density at radius 1 is 1.45 bits per heavy atom. The van der Waals surface area contributed by atoms with Gasteiger partial charge in [0.15, 0.2) is 0 Å². The SMILES string of the molecule is CCCC1(C(=O)O)CCCN1Cc1cc(C)ccc1O. The summed E-state index contributed by atoms with van der Waals surface area (Å²) in [6, 6.07) is 5.48. The maximum atomic E-state index is 11.8. The van der Waals surface area contributed by atoms with Crippen molar-refractivity contribution < 1.29 is 15.0 Å². The Bertz CT molecular complexity index is 500. The summed E-state index contributed by atoms with van der Waals surface area (Å²) >= 11 is 0. The molecule has 0 amide bonds. The van der Waals surface area contributed by atoms with Gasteiger partial charge < -0.3 is 10.2 Å².